The van der Waals surface area contributed by atoms with Gasteiger partial charge in [0.1, 0.15) is 5.82 Å². The van der Waals surface area contributed by atoms with Crippen molar-refractivity contribution < 1.29 is 4.79 Å². The summed E-state index contributed by atoms with van der Waals surface area (Å²) in [4.78, 5) is 18.9. The first-order valence-electron chi connectivity index (χ1n) is 9.38. The number of hydrogen-bond donors (Lipinski definition) is 1. The standard InChI is InChI=1S/C21H23N5O/c27-21(24-20-10-9-19(15-22-20)25-12-4-5-13-25)11-8-17-14-23-26(16-17)18-6-2-1-3-7-18/h1-3,6-7,9-10,14-16H,4-5,8,11-13H2,(H,22,24,27). The normalized spacial score (nSPS) is 13.7. The lowest BCUT2D eigenvalue weighted by molar-refractivity contribution is -0.116. The largest absolute Gasteiger partial charge is 0.370 e. The van der Waals surface area contributed by atoms with E-state index >= 15 is 0 Å². The Balaban J connectivity index is 1.29. The van der Waals surface area contributed by atoms with E-state index in [1.807, 2.05) is 65.7 Å². The van der Waals surface area contributed by atoms with Crippen molar-refractivity contribution in [2.45, 2.75) is 25.7 Å². The molecule has 0 atom stereocenters. The number of aryl methyl sites for hydroxylation is 1. The Labute approximate surface area is 158 Å². The molecule has 1 aromatic carbocycles. The van der Waals surface area contributed by atoms with Crippen LogP contribution in [0.4, 0.5) is 11.5 Å². The van der Waals surface area contributed by atoms with Crippen molar-refractivity contribution in [1.29, 1.82) is 0 Å². The zero-order chi connectivity index (χ0) is 18.5. The minimum Gasteiger partial charge on any atom is -0.370 e. The molecule has 1 saturated heterocycles. The first-order valence-corrected chi connectivity index (χ1v) is 9.38. The van der Waals surface area contributed by atoms with Crippen molar-refractivity contribution in [3.63, 3.8) is 0 Å². The molecule has 1 N–H and O–H groups in total. The highest BCUT2D eigenvalue weighted by molar-refractivity contribution is 5.89. The predicted octanol–water partition coefficient (Wildman–Crippen LogP) is 3.44. The Bertz CT molecular complexity index is 882. The van der Waals surface area contributed by atoms with Crippen LogP contribution in [0, 0.1) is 0 Å². The summed E-state index contributed by atoms with van der Waals surface area (Å²) in [5.41, 5.74) is 3.17. The van der Waals surface area contributed by atoms with E-state index in [0.29, 0.717) is 18.7 Å². The van der Waals surface area contributed by atoms with Gasteiger partial charge in [-0.05, 0) is 49.1 Å². The molecule has 0 saturated carbocycles. The van der Waals surface area contributed by atoms with E-state index in [4.69, 9.17) is 0 Å². The van der Waals surface area contributed by atoms with E-state index in [0.717, 1.165) is 30.0 Å². The molecule has 0 radical (unpaired) electrons. The lowest BCUT2D eigenvalue weighted by atomic mass is 10.2. The van der Waals surface area contributed by atoms with Crippen molar-refractivity contribution in [2.75, 3.05) is 23.3 Å². The van der Waals surface area contributed by atoms with Crippen molar-refractivity contribution in [3.8, 4) is 5.69 Å². The fourth-order valence-corrected chi connectivity index (χ4v) is 3.30. The molecule has 0 aliphatic carbocycles. The smallest absolute Gasteiger partial charge is 0.225 e. The van der Waals surface area contributed by atoms with Crippen LogP contribution in [0.1, 0.15) is 24.8 Å². The summed E-state index contributed by atoms with van der Waals surface area (Å²) in [5, 5.41) is 7.24. The third-order valence-electron chi connectivity index (χ3n) is 4.78. The van der Waals surface area contributed by atoms with Crippen molar-refractivity contribution in [3.05, 3.63) is 66.6 Å². The lowest BCUT2D eigenvalue weighted by Crippen LogP contribution is -2.18. The third-order valence-corrected chi connectivity index (χ3v) is 4.78. The van der Waals surface area contributed by atoms with E-state index in [1.54, 1.807) is 0 Å². The molecule has 6 heteroatoms. The van der Waals surface area contributed by atoms with Crippen LogP contribution >= 0.6 is 0 Å². The second-order valence-electron chi connectivity index (χ2n) is 6.77. The quantitative estimate of drug-likeness (QED) is 0.730. The molecule has 3 aromatic rings. The number of para-hydroxylation sites is 1. The molecule has 1 aliphatic rings. The Morgan fingerprint density at radius 1 is 1.00 bits per heavy atom. The molecular weight excluding hydrogens is 338 g/mol. The number of anilines is 2. The van der Waals surface area contributed by atoms with Gasteiger partial charge in [-0.1, -0.05) is 18.2 Å². The Morgan fingerprint density at radius 3 is 2.56 bits per heavy atom. The van der Waals surface area contributed by atoms with E-state index < -0.39 is 0 Å². The second-order valence-corrected chi connectivity index (χ2v) is 6.77. The number of nitrogens with one attached hydrogen (secondary N) is 1. The lowest BCUT2D eigenvalue weighted by Gasteiger charge is -2.17. The number of benzene rings is 1. The monoisotopic (exact) mass is 361 g/mol. The van der Waals surface area contributed by atoms with E-state index in [9.17, 15) is 4.79 Å². The number of rotatable bonds is 6. The molecule has 0 bridgehead atoms. The van der Waals surface area contributed by atoms with Gasteiger partial charge in [0, 0.05) is 25.7 Å². The van der Waals surface area contributed by atoms with Crippen LogP contribution in [-0.2, 0) is 11.2 Å². The average Bonchev–Trinajstić information content (AvgIpc) is 3.40. The maximum atomic E-state index is 12.2. The van der Waals surface area contributed by atoms with Crippen LogP contribution in [0.3, 0.4) is 0 Å². The number of amides is 1. The van der Waals surface area contributed by atoms with Gasteiger partial charge in [-0.15, -0.1) is 0 Å². The van der Waals surface area contributed by atoms with E-state index in [2.05, 4.69) is 20.3 Å². The van der Waals surface area contributed by atoms with E-state index in [-0.39, 0.29) is 5.91 Å². The summed E-state index contributed by atoms with van der Waals surface area (Å²) in [6, 6.07) is 13.8. The molecule has 2 aromatic heterocycles. The predicted molar refractivity (Wildman–Crippen MR) is 106 cm³/mol. The fraction of sp³-hybridized carbons (Fsp3) is 0.286. The van der Waals surface area contributed by atoms with Gasteiger partial charge in [0.25, 0.3) is 0 Å². The van der Waals surface area contributed by atoms with Crippen LogP contribution in [-0.4, -0.2) is 33.8 Å². The molecule has 138 valence electrons. The number of nitrogens with zero attached hydrogens (tertiary/aromatic N) is 4. The molecule has 1 aliphatic heterocycles. The number of carbonyl (C=O) groups excluding carboxylic acids is 1. The minimum absolute atomic E-state index is 0.0381. The SMILES string of the molecule is O=C(CCc1cnn(-c2ccccc2)c1)Nc1ccc(N2CCCC2)cn1. The van der Waals surface area contributed by atoms with Crippen molar-refractivity contribution in [1.82, 2.24) is 14.8 Å². The van der Waals surface area contributed by atoms with Crippen molar-refractivity contribution in [2.24, 2.45) is 0 Å². The maximum absolute atomic E-state index is 12.2. The molecule has 1 fully saturated rings. The van der Waals surface area contributed by atoms with Gasteiger partial charge in [0.2, 0.25) is 5.91 Å². The minimum atomic E-state index is -0.0381. The summed E-state index contributed by atoms with van der Waals surface area (Å²) in [5.74, 6) is 0.562. The summed E-state index contributed by atoms with van der Waals surface area (Å²) >= 11 is 0. The van der Waals surface area contributed by atoms with Crippen LogP contribution in [0.2, 0.25) is 0 Å². The highest BCUT2D eigenvalue weighted by atomic mass is 16.1. The highest BCUT2D eigenvalue weighted by Crippen LogP contribution is 2.20. The first kappa shape index (κ1) is 17.3. The Kier molecular flexibility index (Phi) is 5.14. The molecule has 0 unspecified atom stereocenters. The number of hydrogen-bond acceptors (Lipinski definition) is 4. The summed E-state index contributed by atoms with van der Waals surface area (Å²) in [6.07, 6.45) is 9.12. The number of aromatic nitrogens is 3. The molecule has 0 spiro atoms. The van der Waals surface area contributed by atoms with Gasteiger partial charge >= 0.3 is 0 Å². The Morgan fingerprint density at radius 2 is 1.81 bits per heavy atom. The highest BCUT2D eigenvalue weighted by Gasteiger charge is 2.13. The van der Waals surface area contributed by atoms with Gasteiger partial charge in [-0.3, -0.25) is 4.79 Å². The molecular formula is C21H23N5O. The maximum Gasteiger partial charge on any atom is 0.225 e. The Hall–Kier alpha value is -3.15. The third kappa shape index (κ3) is 4.34. The van der Waals surface area contributed by atoms with Crippen molar-refractivity contribution >= 4 is 17.4 Å². The summed E-state index contributed by atoms with van der Waals surface area (Å²) in [7, 11) is 0. The zero-order valence-electron chi connectivity index (χ0n) is 15.2. The number of carbonyl (C=O) groups is 1. The van der Waals surface area contributed by atoms with Crippen LogP contribution in [0.25, 0.3) is 5.69 Å². The molecule has 27 heavy (non-hydrogen) atoms. The van der Waals surface area contributed by atoms with Gasteiger partial charge in [0.15, 0.2) is 0 Å². The van der Waals surface area contributed by atoms with Gasteiger partial charge in [-0.2, -0.15) is 5.10 Å². The first-order chi connectivity index (χ1) is 13.3. The topological polar surface area (TPSA) is 63.1 Å². The fourth-order valence-electron chi connectivity index (χ4n) is 3.30. The van der Waals surface area contributed by atoms with Gasteiger partial charge < -0.3 is 10.2 Å². The average molecular weight is 361 g/mol. The summed E-state index contributed by atoms with van der Waals surface area (Å²) in [6.45, 7) is 2.17. The second kappa shape index (κ2) is 8.03. The zero-order valence-corrected chi connectivity index (χ0v) is 15.2. The summed E-state index contributed by atoms with van der Waals surface area (Å²) < 4.78 is 1.83. The van der Waals surface area contributed by atoms with Gasteiger partial charge in [0.05, 0.1) is 23.8 Å². The van der Waals surface area contributed by atoms with Gasteiger partial charge in [-0.25, -0.2) is 9.67 Å². The molecule has 4 rings (SSSR count). The molecule has 1 amide bonds. The van der Waals surface area contributed by atoms with Crippen LogP contribution in [0.15, 0.2) is 61.1 Å². The van der Waals surface area contributed by atoms with Crippen LogP contribution in [0.5, 0.6) is 0 Å². The molecule has 6 nitrogen and oxygen atoms in total. The van der Waals surface area contributed by atoms with E-state index in [1.165, 1.54) is 12.8 Å². The number of pyridine rings is 1. The van der Waals surface area contributed by atoms with Crippen LogP contribution < -0.4 is 10.2 Å². The molecule has 3 heterocycles.